The van der Waals surface area contributed by atoms with E-state index in [4.69, 9.17) is 0 Å². The van der Waals surface area contributed by atoms with Crippen LogP contribution in [0.15, 0.2) is 0 Å². The minimum Gasteiger partial charge on any atom is -0.316 e. The van der Waals surface area contributed by atoms with Crippen molar-refractivity contribution in [2.75, 3.05) is 20.6 Å². The summed E-state index contributed by atoms with van der Waals surface area (Å²) in [6, 6.07) is 1.25. The first-order valence-electron chi connectivity index (χ1n) is 6.20. The first-order chi connectivity index (χ1) is 6.82. The number of hydrogen-bond acceptors (Lipinski definition) is 2. The molecule has 0 aromatic heterocycles. The number of rotatable bonds is 6. The molecule has 0 aliphatic carbocycles. The van der Waals surface area contributed by atoms with E-state index in [9.17, 15) is 0 Å². The Labute approximate surface area is 96.4 Å². The second kappa shape index (κ2) is 6.49. The summed E-state index contributed by atoms with van der Waals surface area (Å²) < 4.78 is 0. The standard InChI is InChI=1S/C13H30N2/c1-8-9-12(14-6)10-15(7)11(2)13(3,4)5/h11-12,14H,8-10H2,1-7H3. The SMILES string of the molecule is CCCC(CN(C)C(C)C(C)(C)C)NC. The highest BCUT2D eigenvalue weighted by Crippen LogP contribution is 2.23. The Kier molecular flexibility index (Phi) is 6.46. The highest BCUT2D eigenvalue weighted by Gasteiger charge is 2.24. The molecule has 2 heteroatoms. The Hall–Kier alpha value is -0.0800. The third-order valence-corrected chi connectivity index (χ3v) is 3.47. The van der Waals surface area contributed by atoms with Crippen molar-refractivity contribution in [1.82, 2.24) is 10.2 Å². The molecule has 2 nitrogen and oxygen atoms in total. The van der Waals surface area contributed by atoms with Crippen LogP contribution in [0.2, 0.25) is 0 Å². The summed E-state index contributed by atoms with van der Waals surface area (Å²) in [7, 11) is 4.30. The average molecular weight is 214 g/mol. The van der Waals surface area contributed by atoms with Gasteiger partial charge in [0.2, 0.25) is 0 Å². The second-order valence-corrected chi connectivity index (χ2v) is 5.76. The zero-order valence-electron chi connectivity index (χ0n) is 11.7. The van der Waals surface area contributed by atoms with Crippen molar-refractivity contribution in [1.29, 1.82) is 0 Å². The van der Waals surface area contributed by atoms with Crippen LogP contribution in [0.3, 0.4) is 0 Å². The zero-order valence-corrected chi connectivity index (χ0v) is 11.7. The molecular formula is C13H30N2. The van der Waals surface area contributed by atoms with Gasteiger partial charge in [0.25, 0.3) is 0 Å². The molecular weight excluding hydrogens is 184 g/mol. The van der Waals surface area contributed by atoms with Crippen molar-refractivity contribution in [2.24, 2.45) is 5.41 Å². The molecule has 0 amide bonds. The van der Waals surface area contributed by atoms with E-state index in [2.05, 4.69) is 58.9 Å². The van der Waals surface area contributed by atoms with Gasteiger partial charge in [-0.05, 0) is 32.9 Å². The predicted molar refractivity (Wildman–Crippen MR) is 69.3 cm³/mol. The van der Waals surface area contributed by atoms with E-state index in [1.165, 1.54) is 12.8 Å². The molecule has 0 heterocycles. The lowest BCUT2D eigenvalue weighted by Gasteiger charge is -2.37. The van der Waals surface area contributed by atoms with Crippen LogP contribution in [0.4, 0.5) is 0 Å². The van der Waals surface area contributed by atoms with Crippen molar-refractivity contribution in [3.8, 4) is 0 Å². The van der Waals surface area contributed by atoms with Crippen molar-refractivity contribution in [2.45, 2.75) is 59.5 Å². The maximum absolute atomic E-state index is 3.40. The number of nitrogens with one attached hydrogen (secondary N) is 1. The fraction of sp³-hybridized carbons (Fsp3) is 1.00. The van der Waals surface area contributed by atoms with Crippen molar-refractivity contribution >= 4 is 0 Å². The van der Waals surface area contributed by atoms with Gasteiger partial charge in [-0.15, -0.1) is 0 Å². The summed E-state index contributed by atoms with van der Waals surface area (Å²) in [6.45, 7) is 12.6. The van der Waals surface area contributed by atoms with Gasteiger partial charge in [0.05, 0.1) is 0 Å². The molecule has 2 atom stereocenters. The molecule has 0 aliphatic rings. The quantitative estimate of drug-likeness (QED) is 0.731. The number of likely N-dealkylation sites (N-methyl/N-ethyl adjacent to an activating group) is 2. The van der Waals surface area contributed by atoms with Crippen LogP contribution in [0.25, 0.3) is 0 Å². The van der Waals surface area contributed by atoms with E-state index in [0.717, 1.165) is 6.54 Å². The Morgan fingerprint density at radius 1 is 1.27 bits per heavy atom. The molecule has 0 rings (SSSR count). The van der Waals surface area contributed by atoms with Gasteiger partial charge < -0.3 is 10.2 Å². The van der Waals surface area contributed by atoms with Gasteiger partial charge in [-0.1, -0.05) is 34.1 Å². The molecule has 0 aliphatic heterocycles. The highest BCUT2D eigenvalue weighted by atomic mass is 15.2. The lowest BCUT2D eigenvalue weighted by molar-refractivity contribution is 0.128. The minimum absolute atomic E-state index is 0.360. The molecule has 0 spiro atoms. The van der Waals surface area contributed by atoms with E-state index in [-0.39, 0.29) is 0 Å². The van der Waals surface area contributed by atoms with Crippen LogP contribution in [-0.4, -0.2) is 37.6 Å². The van der Waals surface area contributed by atoms with Crippen molar-refractivity contribution in [3.63, 3.8) is 0 Å². The van der Waals surface area contributed by atoms with Crippen LogP contribution in [0, 0.1) is 5.41 Å². The van der Waals surface area contributed by atoms with Gasteiger partial charge in [-0.25, -0.2) is 0 Å². The topological polar surface area (TPSA) is 15.3 Å². The highest BCUT2D eigenvalue weighted by molar-refractivity contribution is 4.80. The van der Waals surface area contributed by atoms with E-state index < -0.39 is 0 Å². The fourth-order valence-corrected chi connectivity index (χ4v) is 1.84. The summed E-state index contributed by atoms with van der Waals surface area (Å²) in [5, 5.41) is 3.40. The Bertz CT molecular complexity index is 160. The molecule has 15 heavy (non-hydrogen) atoms. The molecule has 0 fully saturated rings. The van der Waals surface area contributed by atoms with Gasteiger partial charge in [-0.3, -0.25) is 0 Å². The predicted octanol–water partition coefficient (Wildman–Crippen LogP) is 2.74. The Morgan fingerprint density at radius 3 is 2.13 bits per heavy atom. The molecule has 0 saturated carbocycles. The van der Waals surface area contributed by atoms with Crippen LogP contribution >= 0.6 is 0 Å². The van der Waals surface area contributed by atoms with Gasteiger partial charge in [0, 0.05) is 18.6 Å². The Morgan fingerprint density at radius 2 is 1.80 bits per heavy atom. The molecule has 0 aromatic rings. The van der Waals surface area contributed by atoms with Crippen LogP contribution in [0.5, 0.6) is 0 Å². The summed E-state index contributed by atoms with van der Waals surface area (Å²) in [5.41, 5.74) is 0.360. The largest absolute Gasteiger partial charge is 0.316 e. The lowest BCUT2D eigenvalue weighted by atomic mass is 9.87. The van der Waals surface area contributed by atoms with Crippen LogP contribution in [0.1, 0.15) is 47.5 Å². The normalized spacial score (nSPS) is 16.8. The maximum Gasteiger partial charge on any atom is 0.0191 e. The monoisotopic (exact) mass is 214 g/mol. The first kappa shape index (κ1) is 14.9. The summed E-state index contributed by atoms with van der Waals surface area (Å²) in [4.78, 5) is 2.47. The summed E-state index contributed by atoms with van der Waals surface area (Å²) in [5.74, 6) is 0. The molecule has 0 saturated heterocycles. The molecule has 1 N–H and O–H groups in total. The van der Waals surface area contributed by atoms with Gasteiger partial charge in [0.15, 0.2) is 0 Å². The maximum atomic E-state index is 3.40. The van der Waals surface area contributed by atoms with Crippen LogP contribution < -0.4 is 5.32 Å². The lowest BCUT2D eigenvalue weighted by Crippen LogP contribution is -2.46. The number of nitrogens with zero attached hydrogens (tertiary/aromatic N) is 1. The van der Waals surface area contributed by atoms with Gasteiger partial charge in [0.1, 0.15) is 0 Å². The van der Waals surface area contributed by atoms with E-state index >= 15 is 0 Å². The van der Waals surface area contributed by atoms with Gasteiger partial charge in [-0.2, -0.15) is 0 Å². The third kappa shape index (κ3) is 5.53. The van der Waals surface area contributed by atoms with E-state index in [1.54, 1.807) is 0 Å². The second-order valence-electron chi connectivity index (χ2n) is 5.76. The van der Waals surface area contributed by atoms with Crippen molar-refractivity contribution < 1.29 is 0 Å². The minimum atomic E-state index is 0.360. The van der Waals surface area contributed by atoms with Crippen molar-refractivity contribution in [3.05, 3.63) is 0 Å². The molecule has 0 radical (unpaired) electrons. The zero-order chi connectivity index (χ0) is 12.1. The molecule has 0 aromatic carbocycles. The summed E-state index contributed by atoms with van der Waals surface area (Å²) >= 11 is 0. The Balaban J connectivity index is 4.15. The average Bonchev–Trinajstić information content (AvgIpc) is 2.14. The smallest absolute Gasteiger partial charge is 0.0191 e. The van der Waals surface area contributed by atoms with Crippen LogP contribution in [-0.2, 0) is 0 Å². The molecule has 2 unspecified atom stereocenters. The molecule has 92 valence electrons. The summed E-state index contributed by atoms with van der Waals surface area (Å²) in [6.07, 6.45) is 2.51. The third-order valence-electron chi connectivity index (χ3n) is 3.47. The van der Waals surface area contributed by atoms with E-state index in [1.807, 2.05) is 0 Å². The first-order valence-corrected chi connectivity index (χ1v) is 6.20. The fourth-order valence-electron chi connectivity index (χ4n) is 1.84. The molecule has 0 bridgehead atoms. The van der Waals surface area contributed by atoms with E-state index in [0.29, 0.717) is 17.5 Å². The number of hydrogen-bond donors (Lipinski definition) is 1. The van der Waals surface area contributed by atoms with Gasteiger partial charge >= 0.3 is 0 Å².